The molecular formula is C26H26N2O3S. The molecule has 1 aliphatic rings. The van der Waals surface area contributed by atoms with Gasteiger partial charge in [0.15, 0.2) is 5.11 Å². The molecule has 0 saturated heterocycles. The van der Waals surface area contributed by atoms with Crippen LogP contribution in [0.5, 0.6) is 5.75 Å². The van der Waals surface area contributed by atoms with E-state index in [1.165, 1.54) is 0 Å². The Balaban J connectivity index is 1.86. The average molecular weight is 447 g/mol. The Hall–Kier alpha value is -3.38. The second-order valence-corrected chi connectivity index (χ2v) is 8.02. The van der Waals surface area contributed by atoms with Gasteiger partial charge in [0.1, 0.15) is 12.4 Å². The molecule has 1 unspecified atom stereocenters. The third kappa shape index (κ3) is 4.18. The number of thiocarbonyl (C=S) groups is 1. The largest absolute Gasteiger partial charge is 0.489 e. The quantitative estimate of drug-likeness (QED) is 0.419. The number of fused-ring (bicyclic) bond motifs is 1. The Morgan fingerprint density at radius 2 is 1.78 bits per heavy atom. The normalized spacial score (nSPS) is 16.2. The first-order valence-electron chi connectivity index (χ1n) is 10.6. The fourth-order valence-corrected chi connectivity index (χ4v) is 4.21. The van der Waals surface area contributed by atoms with Crippen molar-refractivity contribution < 1.29 is 14.3 Å². The zero-order valence-electron chi connectivity index (χ0n) is 18.4. The topological polar surface area (TPSA) is 50.8 Å². The van der Waals surface area contributed by atoms with Crippen molar-refractivity contribution in [2.75, 3.05) is 13.7 Å². The number of carbonyl (C=O) groups excluding carboxylic acids is 1. The number of ether oxygens (including phenoxy) is 2. The lowest BCUT2D eigenvalue weighted by Gasteiger charge is -2.36. The molecule has 0 bridgehead atoms. The first-order chi connectivity index (χ1) is 15.5. The Morgan fingerprint density at radius 3 is 2.53 bits per heavy atom. The average Bonchev–Trinajstić information content (AvgIpc) is 2.81. The summed E-state index contributed by atoms with van der Waals surface area (Å²) in [5.74, 6) is 0.339. The number of hydrogen-bond donors (Lipinski definition) is 1. The Labute approximate surface area is 193 Å². The fraction of sp³-hybridized carbons (Fsp3) is 0.231. The summed E-state index contributed by atoms with van der Waals surface area (Å²) >= 11 is 5.58. The van der Waals surface area contributed by atoms with Crippen molar-refractivity contribution in [1.82, 2.24) is 10.2 Å². The SMILES string of the molecule is CCOC(=O)C1=C(C)N(C)C(=S)NC1c1c(OCc2ccccc2)ccc2ccccc12. The minimum Gasteiger partial charge on any atom is -0.489 e. The molecule has 1 N–H and O–H groups in total. The van der Waals surface area contributed by atoms with Gasteiger partial charge in [0, 0.05) is 18.3 Å². The lowest BCUT2D eigenvalue weighted by atomic mass is 9.90. The van der Waals surface area contributed by atoms with Gasteiger partial charge in [0.05, 0.1) is 18.2 Å². The van der Waals surface area contributed by atoms with E-state index < -0.39 is 6.04 Å². The van der Waals surface area contributed by atoms with E-state index in [2.05, 4.69) is 5.32 Å². The molecule has 164 valence electrons. The van der Waals surface area contributed by atoms with Crippen LogP contribution in [0.3, 0.4) is 0 Å². The van der Waals surface area contributed by atoms with Gasteiger partial charge in [-0.15, -0.1) is 0 Å². The van der Waals surface area contributed by atoms with Crippen LogP contribution in [0.1, 0.15) is 31.0 Å². The predicted octanol–water partition coefficient (Wildman–Crippen LogP) is 5.12. The standard InChI is InChI=1S/C26H26N2O3S/c1-4-30-25(29)22-17(2)28(3)26(32)27-24(22)23-20-13-9-8-12-19(20)14-15-21(23)31-16-18-10-6-5-7-11-18/h5-15,24H,4,16H2,1-3H3,(H,27,32). The highest BCUT2D eigenvalue weighted by Crippen LogP contribution is 2.40. The molecule has 32 heavy (non-hydrogen) atoms. The Morgan fingerprint density at radius 1 is 1.06 bits per heavy atom. The summed E-state index contributed by atoms with van der Waals surface area (Å²) in [6.07, 6.45) is 0. The molecule has 0 spiro atoms. The van der Waals surface area contributed by atoms with E-state index in [1.807, 2.05) is 80.7 Å². The van der Waals surface area contributed by atoms with Gasteiger partial charge >= 0.3 is 5.97 Å². The summed E-state index contributed by atoms with van der Waals surface area (Å²) in [6.45, 7) is 4.41. The highest BCUT2D eigenvalue weighted by Gasteiger charge is 2.36. The van der Waals surface area contributed by atoms with Crippen molar-refractivity contribution in [2.45, 2.75) is 26.5 Å². The fourth-order valence-electron chi connectivity index (χ4n) is 3.96. The first kappa shape index (κ1) is 21.8. The van der Waals surface area contributed by atoms with Crippen molar-refractivity contribution >= 4 is 34.1 Å². The van der Waals surface area contributed by atoms with Gasteiger partial charge in [0.25, 0.3) is 0 Å². The molecule has 1 atom stereocenters. The van der Waals surface area contributed by atoms with Gasteiger partial charge in [-0.2, -0.15) is 0 Å². The predicted molar refractivity (Wildman–Crippen MR) is 130 cm³/mol. The molecule has 0 radical (unpaired) electrons. The van der Waals surface area contributed by atoms with Crippen molar-refractivity contribution in [3.63, 3.8) is 0 Å². The van der Waals surface area contributed by atoms with Crippen molar-refractivity contribution in [3.8, 4) is 5.75 Å². The van der Waals surface area contributed by atoms with E-state index in [4.69, 9.17) is 21.7 Å². The smallest absolute Gasteiger partial charge is 0.338 e. The van der Waals surface area contributed by atoms with E-state index in [0.717, 1.165) is 27.6 Å². The van der Waals surface area contributed by atoms with Crippen LogP contribution in [0.4, 0.5) is 0 Å². The molecule has 4 rings (SSSR count). The van der Waals surface area contributed by atoms with Gasteiger partial charge in [-0.3, -0.25) is 0 Å². The van der Waals surface area contributed by atoms with E-state index in [0.29, 0.717) is 29.6 Å². The van der Waals surface area contributed by atoms with Crippen LogP contribution in [-0.2, 0) is 16.1 Å². The lowest BCUT2D eigenvalue weighted by molar-refractivity contribution is -0.139. The number of esters is 1. The second-order valence-electron chi connectivity index (χ2n) is 7.63. The number of rotatable bonds is 6. The van der Waals surface area contributed by atoms with E-state index in [9.17, 15) is 4.79 Å². The molecule has 1 heterocycles. The van der Waals surface area contributed by atoms with Crippen molar-refractivity contribution in [2.24, 2.45) is 0 Å². The summed E-state index contributed by atoms with van der Waals surface area (Å²) in [6, 6.07) is 21.6. The monoisotopic (exact) mass is 446 g/mol. The maximum atomic E-state index is 13.0. The zero-order chi connectivity index (χ0) is 22.7. The van der Waals surface area contributed by atoms with Crippen LogP contribution in [0.25, 0.3) is 10.8 Å². The van der Waals surface area contributed by atoms with Gasteiger partial charge in [0.2, 0.25) is 0 Å². The minimum absolute atomic E-state index is 0.295. The number of allylic oxidation sites excluding steroid dienone is 1. The summed E-state index contributed by atoms with van der Waals surface area (Å²) in [4.78, 5) is 14.8. The molecule has 0 aromatic heterocycles. The minimum atomic E-state index is -0.491. The molecule has 6 heteroatoms. The van der Waals surface area contributed by atoms with Crippen LogP contribution in [0, 0.1) is 0 Å². The maximum Gasteiger partial charge on any atom is 0.338 e. The summed E-state index contributed by atoms with van der Waals surface area (Å²) < 4.78 is 11.7. The number of hydrogen-bond acceptors (Lipinski definition) is 4. The maximum absolute atomic E-state index is 13.0. The van der Waals surface area contributed by atoms with Gasteiger partial charge in [-0.05, 0) is 48.5 Å². The Kier molecular flexibility index (Phi) is 6.42. The van der Waals surface area contributed by atoms with Crippen molar-refractivity contribution in [1.29, 1.82) is 0 Å². The third-order valence-electron chi connectivity index (χ3n) is 5.71. The first-order valence-corrected chi connectivity index (χ1v) is 11.0. The molecule has 0 aliphatic carbocycles. The van der Waals surface area contributed by atoms with E-state index in [-0.39, 0.29) is 5.97 Å². The van der Waals surface area contributed by atoms with Crippen LogP contribution >= 0.6 is 12.2 Å². The van der Waals surface area contributed by atoms with Crippen molar-refractivity contribution in [3.05, 3.63) is 89.1 Å². The highest BCUT2D eigenvalue weighted by molar-refractivity contribution is 7.80. The summed E-state index contributed by atoms with van der Waals surface area (Å²) in [5, 5.41) is 5.95. The molecule has 0 saturated carbocycles. The third-order valence-corrected chi connectivity index (χ3v) is 6.10. The van der Waals surface area contributed by atoms with Crippen LogP contribution in [0.15, 0.2) is 78.0 Å². The highest BCUT2D eigenvalue weighted by atomic mass is 32.1. The summed E-state index contributed by atoms with van der Waals surface area (Å²) in [5.41, 5.74) is 3.23. The van der Waals surface area contributed by atoms with Crippen LogP contribution in [0.2, 0.25) is 0 Å². The van der Waals surface area contributed by atoms with Crippen LogP contribution in [-0.4, -0.2) is 29.6 Å². The number of carbonyl (C=O) groups is 1. The Bertz CT molecular complexity index is 1190. The number of nitrogens with one attached hydrogen (secondary N) is 1. The van der Waals surface area contributed by atoms with Gasteiger partial charge in [-0.1, -0.05) is 60.7 Å². The lowest BCUT2D eigenvalue weighted by Crippen LogP contribution is -2.46. The van der Waals surface area contributed by atoms with E-state index >= 15 is 0 Å². The summed E-state index contributed by atoms with van der Waals surface area (Å²) in [7, 11) is 1.84. The van der Waals surface area contributed by atoms with Crippen LogP contribution < -0.4 is 10.1 Å². The van der Waals surface area contributed by atoms with Gasteiger partial charge < -0.3 is 19.7 Å². The zero-order valence-corrected chi connectivity index (χ0v) is 19.2. The number of nitrogens with zero attached hydrogens (tertiary/aromatic N) is 1. The molecule has 0 fully saturated rings. The van der Waals surface area contributed by atoms with E-state index in [1.54, 1.807) is 11.8 Å². The second kappa shape index (κ2) is 9.40. The molecule has 5 nitrogen and oxygen atoms in total. The number of benzene rings is 3. The van der Waals surface area contributed by atoms with Gasteiger partial charge in [-0.25, -0.2) is 4.79 Å². The molecule has 1 aliphatic heterocycles. The molecule has 0 amide bonds. The molecular weight excluding hydrogens is 420 g/mol. The molecule has 3 aromatic carbocycles. The molecule has 3 aromatic rings.